The highest BCUT2D eigenvalue weighted by atomic mass is 35.5. The third-order valence-electron chi connectivity index (χ3n) is 3.35. The van der Waals surface area contributed by atoms with Crippen molar-refractivity contribution in [2.24, 2.45) is 0 Å². The summed E-state index contributed by atoms with van der Waals surface area (Å²) in [7, 11) is 2.19. The zero-order chi connectivity index (χ0) is 12.1. The lowest BCUT2D eigenvalue weighted by molar-refractivity contribution is 0.242. The van der Waals surface area contributed by atoms with Gasteiger partial charge in [0.1, 0.15) is 5.75 Å². The van der Waals surface area contributed by atoms with Crippen LogP contribution in [0.2, 0.25) is 0 Å². The predicted molar refractivity (Wildman–Crippen MR) is 77.6 cm³/mol. The van der Waals surface area contributed by atoms with Crippen molar-refractivity contribution in [1.82, 2.24) is 10.2 Å². The Bertz CT molecular complexity index is 353. The van der Waals surface area contributed by atoms with Crippen LogP contribution in [0.5, 0.6) is 5.75 Å². The molecule has 1 aliphatic heterocycles. The van der Waals surface area contributed by atoms with E-state index in [1.165, 1.54) is 12.0 Å². The highest BCUT2D eigenvalue weighted by Gasteiger charge is 2.19. The SMILES string of the molecule is CCOc1ccccc1CN(C)C1CCNC1.Cl. The molecule has 0 aliphatic carbocycles. The van der Waals surface area contributed by atoms with Gasteiger partial charge in [-0.15, -0.1) is 12.4 Å². The van der Waals surface area contributed by atoms with Gasteiger partial charge < -0.3 is 10.1 Å². The minimum atomic E-state index is 0. The molecular weight excluding hydrogens is 248 g/mol. The Morgan fingerprint density at radius 3 is 2.83 bits per heavy atom. The molecule has 4 heteroatoms. The lowest BCUT2D eigenvalue weighted by Crippen LogP contribution is -2.32. The number of rotatable bonds is 5. The molecule has 0 amide bonds. The molecule has 0 aromatic heterocycles. The average molecular weight is 271 g/mol. The standard InChI is InChI=1S/C14H22N2O.ClH/c1-3-17-14-7-5-4-6-12(14)11-16(2)13-8-9-15-10-13;/h4-7,13,15H,3,8-11H2,1-2H3;1H. The molecule has 1 fully saturated rings. The van der Waals surface area contributed by atoms with Crippen LogP contribution in [0, 0.1) is 0 Å². The molecule has 1 aromatic carbocycles. The van der Waals surface area contributed by atoms with Crippen LogP contribution in [-0.2, 0) is 6.54 Å². The summed E-state index contributed by atoms with van der Waals surface area (Å²) < 4.78 is 5.66. The highest BCUT2D eigenvalue weighted by molar-refractivity contribution is 5.85. The van der Waals surface area contributed by atoms with Crippen molar-refractivity contribution in [3.05, 3.63) is 29.8 Å². The summed E-state index contributed by atoms with van der Waals surface area (Å²) in [6.45, 7) is 5.96. The summed E-state index contributed by atoms with van der Waals surface area (Å²) >= 11 is 0. The minimum Gasteiger partial charge on any atom is -0.494 e. The largest absolute Gasteiger partial charge is 0.494 e. The van der Waals surface area contributed by atoms with Gasteiger partial charge in [-0.3, -0.25) is 4.90 Å². The van der Waals surface area contributed by atoms with Crippen LogP contribution in [0.15, 0.2) is 24.3 Å². The lowest BCUT2D eigenvalue weighted by atomic mass is 10.1. The Labute approximate surface area is 116 Å². The van der Waals surface area contributed by atoms with Crippen LogP contribution in [0.3, 0.4) is 0 Å². The number of hydrogen-bond acceptors (Lipinski definition) is 3. The molecule has 1 aromatic rings. The zero-order valence-electron chi connectivity index (χ0n) is 11.2. The number of ether oxygens (including phenoxy) is 1. The topological polar surface area (TPSA) is 24.5 Å². The van der Waals surface area contributed by atoms with Gasteiger partial charge in [0.25, 0.3) is 0 Å². The van der Waals surface area contributed by atoms with E-state index in [2.05, 4.69) is 35.5 Å². The second-order valence-corrected chi connectivity index (χ2v) is 4.60. The van der Waals surface area contributed by atoms with Gasteiger partial charge in [0.05, 0.1) is 6.61 Å². The molecule has 0 saturated carbocycles. The van der Waals surface area contributed by atoms with Crippen molar-refractivity contribution in [2.75, 3.05) is 26.7 Å². The molecule has 1 aliphatic rings. The molecule has 1 saturated heterocycles. The van der Waals surface area contributed by atoms with Crippen LogP contribution in [0.4, 0.5) is 0 Å². The summed E-state index contributed by atoms with van der Waals surface area (Å²) in [5.41, 5.74) is 1.28. The number of likely N-dealkylation sites (N-methyl/N-ethyl adjacent to an activating group) is 1. The van der Waals surface area contributed by atoms with E-state index in [0.717, 1.165) is 32.0 Å². The molecule has 102 valence electrons. The van der Waals surface area contributed by atoms with E-state index in [1.54, 1.807) is 0 Å². The Hall–Kier alpha value is -0.770. The maximum absolute atomic E-state index is 5.66. The minimum absolute atomic E-state index is 0. The molecule has 1 atom stereocenters. The first-order chi connectivity index (χ1) is 8.31. The summed E-state index contributed by atoms with van der Waals surface area (Å²) in [6, 6.07) is 8.98. The van der Waals surface area contributed by atoms with Crippen molar-refractivity contribution in [3.63, 3.8) is 0 Å². The quantitative estimate of drug-likeness (QED) is 0.889. The van der Waals surface area contributed by atoms with Gasteiger partial charge in [-0.2, -0.15) is 0 Å². The number of halogens is 1. The third kappa shape index (κ3) is 3.87. The molecule has 3 nitrogen and oxygen atoms in total. The van der Waals surface area contributed by atoms with Crippen LogP contribution < -0.4 is 10.1 Å². The number of nitrogens with one attached hydrogen (secondary N) is 1. The molecule has 1 heterocycles. The van der Waals surface area contributed by atoms with Crippen LogP contribution in [0.25, 0.3) is 0 Å². The van der Waals surface area contributed by atoms with Gasteiger partial charge in [-0.05, 0) is 33.0 Å². The zero-order valence-corrected chi connectivity index (χ0v) is 12.0. The maximum atomic E-state index is 5.66. The van der Waals surface area contributed by atoms with Gasteiger partial charge in [0.2, 0.25) is 0 Å². The summed E-state index contributed by atoms with van der Waals surface area (Å²) in [5, 5.41) is 3.41. The van der Waals surface area contributed by atoms with Crippen molar-refractivity contribution < 1.29 is 4.74 Å². The Morgan fingerprint density at radius 1 is 1.39 bits per heavy atom. The van der Waals surface area contributed by atoms with Gasteiger partial charge in [0, 0.05) is 24.7 Å². The Morgan fingerprint density at radius 2 is 2.17 bits per heavy atom. The van der Waals surface area contributed by atoms with Crippen molar-refractivity contribution in [1.29, 1.82) is 0 Å². The summed E-state index contributed by atoms with van der Waals surface area (Å²) in [5.74, 6) is 1.02. The van der Waals surface area contributed by atoms with Crippen LogP contribution in [0.1, 0.15) is 18.9 Å². The lowest BCUT2D eigenvalue weighted by Gasteiger charge is -2.24. The monoisotopic (exact) mass is 270 g/mol. The van der Waals surface area contributed by atoms with E-state index in [-0.39, 0.29) is 12.4 Å². The van der Waals surface area contributed by atoms with Gasteiger partial charge in [0.15, 0.2) is 0 Å². The smallest absolute Gasteiger partial charge is 0.123 e. The summed E-state index contributed by atoms with van der Waals surface area (Å²) in [6.07, 6.45) is 1.24. The van der Waals surface area contributed by atoms with E-state index in [4.69, 9.17) is 4.74 Å². The van der Waals surface area contributed by atoms with Crippen molar-refractivity contribution in [3.8, 4) is 5.75 Å². The number of benzene rings is 1. The van der Waals surface area contributed by atoms with Crippen LogP contribution in [-0.4, -0.2) is 37.7 Å². The summed E-state index contributed by atoms with van der Waals surface area (Å²) in [4.78, 5) is 2.41. The fourth-order valence-corrected chi connectivity index (χ4v) is 2.34. The van der Waals surface area contributed by atoms with E-state index in [1.807, 2.05) is 13.0 Å². The third-order valence-corrected chi connectivity index (χ3v) is 3.35. The first-order valence-corrected chi connectivity index (χ1v) is 6.43. The highest BCUT2D eigenvalue weighted by Crippen LogP contribution is 2.21. The Kier molecular flexibility index (Phi) is 6.47. The molecule has 0 radical (unpaired) electrons. The molecule has 1 N–H and O–H groups in total. The van der Waals surface area contributed by atoms with E-state index >= 15 is 0 Å². The molecular formula is C14H23ClN2O. The van der Waals surface area contributed by atoms with E-state index in [9.17, 15) is 0 Å². The van der Waals surface area contributed by atoms with Gasteiger partial charge in [-0.1, -0.05) is 18.2 Å². The Balaban J connectivity index is 0.00000162. The van der Waals surface area contributed by atoms with Crippen molar-refractivity contribution >= 4 is 12.4 Å². The first kappa shape index (κ1) is 15.3. The van der Waals surface area contributed by atoms with Gasteiger partial charge in [-0.25, -0.2) is 0 Å². The fraction of sp³-hybridized carbons (Fsp3) is 0.571. The second-order valence-electron chi connectivity index (χ2n) is 4.60. The number of para-hydroxylation sites is 1. The van der Waals surface area contributed by atoms with Crippen LogP contribution >= 0.6 is 12.4 Å². The maximum Gasteiger partial charge on any atom is 0.123 e. The normalized spacial score (nSPS) is 18.7. The van der Waals surface area contributed by atoms with E-state index < -0.39 is 0 Å². The molecule has 1 unspecified atom stereocenters. The second kappa shape index (κ2) is 7.62. The molecule has 0 bridgehead atoms. The molecule has 0 spiro atoms. The first-order valence-electron chi connectivity index (χ1n) is 6.43. The van der Waals surface area contributed by atoms with E-state index in [0.29, 0.717) is 6.04 Å². The van der Waals surface area contributed by atoms with Crippen molar-refractivity contribution in [2.45, 2.75) is 25.9 Å². The fourth-order valence-electron chi connectivity index (χ4n) is 2.34. The number of nitrogens with zero attached hydrogens (tertiary/aromatic N) is 1. The molecule has 2 rings (SSSR count). The molecule has 18 heavy (non-hydrogen) atoms. The predicted octanol–water partition coefficient (Wildman–Crippen LogP) is 2.30. The average Bonchev–Trinajstić information content (AvgIpc) is 2.85. The van der Waals surface area contributed by atoms with Gasteiger partial charge >= 0.3 is 0 Å². The number of hydrogen-bond donors (Lipinski definition) is 1.